The van der Waals surface area contributed by atoms with Gasteiger partial charge in [0.1, 0.15) is 5.15 Å². The lowest BCUT2D eigenvalue weighted by molar-refractivity contribution is 0.578. The lowest BCUT2D eigenvalue weighted by Gasteiger charge is -2.04. The van der Waals surface area contributed by atoms with Crippen LogP contribution in [0.4, 0.5) is 0 Å². The summed E-state index contributed by atoms with van der Waals surface area (Å²) in [5, 5.41) is 5.11. The second-order valence-electron chi connectivity index (χ2n) is 4.74. The highest BCUT2D eigenvalue weighted by Gasteiger charge is 2.19. The van der Waals surface area contributed by atoms with Crippen molar-refractivity contribution in [2.45, 2.75) is 45.6 Å². The minimum atomic E-state index is -2.96. The largest absolute Gasteiger partial charge is 0.252 e. The highest BCUT2D eigenvalue weighted by Crippen LogP contribution is 2.26. The third-order valence-corrected chi connectivity index (χ3v) is 5.57. The molecule has 0 aromatic carbocycles. The molecule has 0 N–H and O–H groups in total. The smallest absolute Gasteiger partial charge is 0.151 e. The van der Waals surface area contributed by atoms with Crippen molar-refractivity contribution in [1.29, 1.82) is 0 Å². The van der Waals surface area contributed by atoms with Crippen LogP contribution < -0.4 is 0 Å². The average molecular weight is 291 g/mol. The van der Waals surface area contributed by atoms with Crippen LogP contribution in [0, 0.1) is 0 Å². The Kier molecular flexibility index (Phi) is 4.33. The van der Waals surface area contributed by atoms with Gasteiger partial charge >= 0.3 is 0 Å². The van der Waals surface area contributed by atoms with Gasteiger partial charge in [-0.2, -0.15) is 5.10 Å². The van der Waals surface area contributed by atoms with Crippen molar-refractivity contribution >= 4 is 21.4 Å². The van der Waals surface area contributed by atoms with E-state index in [1.54, 1.807) is 11.6 Å². The number of hydrogen-bond acceptors (Lipinski definition) is 3. The molecule has 0 bridgehead atoms. The lowest BCUT2D eigenvalue weighted by Crippen LogP contribution is -2.15. The maximum absolute atomic E-state index is 11.5. The second kappa shape index (κ2) is 5.61. The first-order chi connectivity index (χ1) is 8.53. The van der Waals surface area contributed by atoms with Crippen molar-refractivity contribution in [3.05, 3.63) is 16.4 Å². The molecule has 1 aromatic heterocycles. The van der Waals surface area contributed by atoms with Crippen LogP contribution in [0.15, 0.2) is 0 Å². The molecule has 6 heteroatoms. The van der Waals surface area contributed by atoms with Gasteiger partial charge in [0.25, 0.3) is 0 Å². The maximum Gasteiger partial charge on any atom is 0.151 e. The molecule has 18 heavy (non-hydrogen) atoms. The monoisotopic (exact) mass is 290 g/mol. The Hall–Kier alpha value is -0.550. The standard InChI is InChI=1S/C12H19ClN2O2S/c1-2-18(16,17)9-8-15-12(13)10-6-4-3-5-7-11(10)14-15/h2-9H2,1H3. The van der Waals surface area contributed by atoms with E-state index < -0.39 is 9.84 Å². The second-order valence-corrected chi connectivity index (χ2v) is 7.57. The van der Waals surface area contributed by atoms with Gasteiger partial charge in [-0.3, -0.25) is 4.68 Å². The number of nitrogens with zero attached hydrogens (tertiary/aromatic N) is 2. The number of fused-ring (bicyclic) bond motifs is 1. The summed E-state index contributed by atoms with van der Waals surface area (Å²) in [6, 6.07) is 0. The fraction of sp³-hybridized carbons (Fsp3) is 0.750. The molecule has 1 aliphatic carbocycles. The summed E-state index contributed by atoms with van der Waals surface area (Å²) >= 11 is 6.29. The molecule has 0 spiro atoms. The van der Waals surface area contributed by atoms with Crippen LogP contribution in [-0.2, 0) is 29.2 Å². The van der Waals surface area contributed by atoms with Crippen LogP contribution in [0.25, 0.3) is 0 Å². The van der Waals surface area contributed by atoms with Crippen molar-refractivity contribution in [1.82, 2.24) is 9.78 Å². The number of sulfone groups is 1. The van der Waals surface area contributed by atoms with Gasteiger partial charge in [-0.25, -0.2) is 8.42 Å². The third kappa shape index (κ3) is 3.06. The number of rotatable bonds is 4. The van der Waals surface area contributed by atoms with Crippen molar-refractivity contribution in [3.8, 4) is 0 Å². The third-order valence-electron chi connectivity index (χ3n) is 3.46. The van der Waals surface area contributed by atoms with E-state index in [0.717, 1.165) is 36.9 Å². The van der Waals surface area contributed by atoms with Gasteiger partial charge in [0.15, 0.2) is 9.84 Å². The van der Waals surface area contributed by atoms with Crippen molar-refractivity contribution in [2.75, 3.05) is 11.5 Å². The normalized spacial score (nSPS) is 16.3. The summed E-state index contributed by atoms with van der Waals surface area (Å²) in [6.07, 6.45) is 5.44. The Balaban J connectivity index is 2.15. The van der Waals surface area contributed by atoms with Gasteiger partial charge in [0.2, 0.25) is 0 Å². The van der Waals surface area contributed by atoms with E-state index in [0.29, 0.717) is 11.7 Å². The molecule has 0 aliphatic heterocycles. The molecular formula is C12H19ClN2O2S. The fourth-order valence-electron chi connectivity index (χ4n) is 2.26. The summed E-state index contributed by atoms with van der Waals surface area (Å²) in [7, 11) is -2.96. The zero-order valence-corrected chi connectivity index (χ0v) is 12.2. The van der Waals surface area contributed by atoms with Crippen molar-refractivity contribution < 1.29 is 8.42 Å². The van der Waals surface area contributed by atoms with Crippen LogP contribution in [0.3, 0.4) is 0 Å². The van der Waals surface area contributed by atoms with E-state index in [1.807, 2.05) is 0 Å². The number of aryl methyl sites for hydroxylation is 2. The number of halogens is 1. The summed E-state index contributed by atoms with van der Waals surface area (Å²) in [6.45, 7) is 2.03. The first-order valence-corrected chi connectivity index (χ1v) is 8.68. The Morgan fingerprint density at radius 3 is 2.72 bits per heavy atom. The fourth-order valence-corrected chi connectivity index (χ4v) is 3.33. The highest BCUT2D eigenvalue weighted by molar-refractivity contribution is 7.91. The van der Waals surface area contributed by atoms with Gasteiger partial charge in [-0.05, 0) is 25.7 Å². The molecule has 0 unspecified atom stereocenters. The first-order valence-electron chi connectivity index (χ1n) is 6.48. The van der Waals surface area contributed by atoms with Gasteiger partial charge in [0, 0.05) is 11.3 Å². The predicted molar refractivity (Wildman–Crippen MR) is 72.8 cm³/mol. The van der Waals surface area contributed by atoms with E-state index in [9.17, 15) is 8.42 Å². The van der Waals surface area contributed by atoms with Crippen LogP contribution in [0.1, 0.15) is 37.4 Å². The van der Waals surface area contributed by atoms with E-state index in [-0.39, 0.29) is 11.5 Å². The molecule has 1 aliphatic rings. The summed E-state index contributed by atoms with van der Waals surface area (Å²) in [4.78, 5) is 0. The minimum absolute atomic E-state index is 0.115. The molecule has 0 saturated carbocycles. The zero-order valence-electron chi connectivity index (χ0n) is 10.7. The van der Waals surface area contributed by atoms with E-state index in [4.69, 9.17) is 11.6 Å². The molecule has 1 heterocycles. The number of aromatic nitrogens is 2. The molecule has 0 atom stereocenters. The molecule has 102 valence electrons. The molecule has 1 aromatic rings. The molecular weight excluding hydrogens is 272 g/mol. The predicted octanol–water partition coefficient (Wildman–Crippen LogP) is 2.24. The molecule has 0 radical (unpaired) electrons. The van der Waals surface area contributed by atoms with Crippen LogP contribution in [0.5, 0.6) is 0 Å². The first kappa shape index (κ1) is 13.9. The van der Waals surface area contributed by atoms with Gasteiger partial charge in [0.05, 0.1) is 18.0 Å². The van der Waals surface area contributed by atoms with Gasteiger partial charge in [-0.1, -0.05) is 24.9 Å². The summed E-state index contributed by atoms with van der Waals surface area (Å²) < 4.78 is 24.7. The topological polar surface area (TPSA) is 52.0 Å². The Labute approximate surface area is 113 Å². The summed E-state index contributed by atoms with van der Waals surface area (Å²) in [5.74, 6) is 0.287. The Morgan fingerprint density at radius 1 is 1.28 bits per heavy atom. The van der Waals surface area contributed by atoms with Crippen molar-refractivity contribution in [2.24, 2.45) is 0 Å². The Morgan fingerprint density at radius 2 is 2.00 bits per heavy atom. The summed E-state index contributed by atoms with van der Waals surface area (Å²) in [5.41, 5.74) is 2.19. The maximum atomic E-state index is 11.5. The van der Waals surface area contributed by atoms with Crippen molar-refractivity contribution in [3.63, 3.8) is 0 Å². The van der Waals surface area contributed by atoms with E-state index >= 15 is 0 Å². The SMILES string of the molecule is CCS(=O)(=O)CCn1nc2c(c1Cl)CCCCC2. The number of hydrogen-bond donors (Lipinski definition) is 0. The van der Waals surface area contributed by atoms with Crippen LogP contribution >= 0.6 is 11.6 Å². The molecule has 0 fully saturated rings. The molecule has 4 nitrogen and oxygen atoms in total. The van der Waals surface area contributed by atoms with E-state index in [1.165, 1.54) is 6.42 Å². The van der Waals surface area contributed by atoms with Crippen LogP contribution in [0.2, 0.25) is 5.15 Å². The van der Waals surface area contributed by atoms with E-state index in [2.05, 4.69) is 5.10 Å². The lowest BCUT2D eigenvalue weighted by atomic mass is 10.1. The van der Waals surface area contributed by atoms with Crippen LogP contribution in [-0.4, -0.2) is 29.7 Å². The minimum Gasteiger partial charge on any atom is -0.252 e. The van der Waals surface area contributed by atoms with Gasteiger partial charge in [-0.15, -0.1) is 0 Å². The highest BCUT2D eigenvalue weighted by atomic mass is 35.5. The molecule has 0 amide bonds. The average Bonchev–Trinajstić information content (AvgIpc) is 2.54. The quantitative estimate of drug-likeness (QED) is 0.799. The van der Waals surface area contributed by atoms with Gasteiger partial charge < -0.3 is 0 Å². The molecule has 2 rings (SSSR count). The Bertz CT molecular complexity index is 522. The molecule has 0 saturated heterocycles. The zero-order chi connectivity index (χ0) is 13.2.